The first-order valence-electron chi connectivity index (χ1n) is 10.2. The summed E-state index contributed by atoms with van der Waals surface area (Å²) < 4.78 is 33.1. The first kappa shape index (κ1) is 21.3. The Labute approximate surface area is 181 Å². The predicted octanol–water partition coefficient (Wildman–Crippen LogP) is 2.75. The number of rotatable bonds is 4. The molecule has 1 atom stereocenters. The van der Waals surface area contributed by atoms with Gasteiger partial charge in [-0.1, -0.05) is 17.7 Å². The zero-order valence-corrected chi connectivity index (χ0v) is 18.2. The molecule has 4 rings (SSSR count). The van der Waals surface area contributed by atoms with Crippen LogP contribution in [0, 0.1) is 12.8 Å². The van der Waals surface area contributed by atoms with Crippen LogP contribution < -0.4 is 15.4 Å². The lowest BCUT2D eigenvalue weighted by molar-refractivity contribution is -0.123. The van der Waals surface area contributed by atoms with Crippen LogP contribution in [0.5, 0.6) is 5.75 Å². The second kappa shape index (κ2) is 8.32. The van der Waals surface area contributed by atoms with E-state index in [4.69, 9.17) is 4.74 Å². The van der Waals surface area contributed by atoms with Crippen molar-refractivity contribution in [2.24, 2.45) is 5.92 Å². The van der Waals surface area contributed by atoms with E-state index in [9.17, 15) is 18.0 Å². The lowest BCUT2D eigenvalue weighted by atomic mass is 9.97. The lowest BCUT2D eigenvalue weighted by Crippen LogP contribution is -2.41. The van der Waals surface area contributed by atoms with Crippen LogP contribution in [0.2, 0.25) is 0 Å². The Balaban J connectivity index is 1.41. The predicted molar refractivity (Wildman–Crippen MR) is 116 cm³/mol. The molecule has 1 saturated heterocycles. The molecule has 0 unspecified atom stereocenters. The van der Waals surface area contributed by atoms with Crippen LogP contribution in [0.4, 0.5) is 11.4 Å². The number of benzene rings is 2. The third kappa shape index (κ3) is 4.42. The van der Waals surface area contributed by atoms with E-state index in [1.165, 1.54) is 16.4 Å². The Morgan fingerprint density at radius 2 is 1.81 bits per heavy atom. The summed E-state index contributed by atoms with van der Waals surface area (Å²) in [7, 11) is -3.74. The molecule has 0 saturated carbocycles. The fourth-order valence-electron chi connectivity index (χ4n) is 3.74. The molecule has 0 radical (unpaired) electrons. The summed E-state index contributed by atoms with van der Waals surface area (Å²) in [6.45, 7) is 4.12. The van der Waals surface area contributed by atoms with Crippen LogP contribution >= 0.6 is 0 Å². The molecule has 2 aliphatic rings. The van der Waals surface area contributed by atoms with Crippen molar-refractivity contribution in [3.8, 4) is 5.75 Å². The van der Waals surface area contributed by atoms with Crippen LogP contribution in [0.15, 0.2) is 47.4 Å². The summed E-state index contributed by atoms with van der Waals surface area (Å²) in [6, 6.07) is 12.0. The highest BCUT2D eigenvalue weighted by Gasteiger charge is 2.33. The zero-order valence-electron chi connectivity index (χ0n) is 17.4. The first-order valence-corrected chi connectivity index (χ1v) is 11.7. The molecule has 2 aromatic rings. The van der Waals surface area contributed by atoms with E-state index >= 15 is 0 Å². The van der Waals surface area contributed by atoms with Gasteiger partial charge in [0.25, 0.3) is 5.91 Å². The van der Waals surface area contributed by atoms with Crippen LogP contribution in [-0.2, 0) is 19.6 Å². The molecule has 2 aliphatic heterocycles. The Hall–Kier alpha value is -2.91. The highest BCUT2D eigenvalue weighted by molar-refractivity contribution is 7.89. The van der Waals surface area contributed by atoms with Crippen molar-refractivity contribution in [3.05, 3.63) is 48.0 Å². The summed E-state index contributed by atoms with van der Waals surface area (Å²) in [4.78, 5) is 24.5. The number of anilines is 2. The molecule has 0 aliphatic carbocycles. The molecule has 2 aromatic carbocycles. The Morgan fingerprint density at radius 1 is 1.13 bits per heavy atom. The highest BCUT2D eigenvalue weighted by atomic mass is 32.2. The number of hydrogen-bond acceptors (Lipinski definition) is 5. The van der Waals surface area contributed by atoms with Crippen molar-refractivity contribution in [2.75, 3.05) is 23.7 Å². The fourth-order valence-corrected chi connectivity index (χ4v) is 5.23. The Bertz CT molecular complexity index is 1110. The Kier molecular flexibility index (Phi) is 5.72. The van der Waals surface area contributed by atoms with Gasteiger partial charge in [-0.05, 0) is 57.0 Å². The third-order valence-corrected chi connectivity index (χ3v) is 7.56. The minimum absolute atomic E-state index is 0.0901. The van der Waals surface area contributed by atoms with Crippen LogP contribution in [-0.4, -0.2) is 43.7 Å². The maximum atomic E-state index is 13.1. The molecule has 1 fully saturated rings. The molecule has 0 aromatic heterocycles. The smallest absolute Gasteiger partial charge is 0.265 e. The standard InChI is InChI=1S/C22H25N3O5S/c1-14-3-5-17(6-4-14)23-22(27)16-9-11-25(12-10-16)31(28,29)18-7-8-20-19(13-18)24-21(26)15(2)30-20/h3-8,13,15-16H,9-12H2,1-2H3,(H,23,27)(H,24,26)/t15-/m0/s1. The van der Waals surface area contributed by atoms with Crippen LogP contribution in [0.25, 0.3) is 0 Å². The van der Waals surface area contributed by atoms with Gasteiger partial charge >= 0.3 is 0 Å². The van der Waals surface area contributed by atoms with Gasteiger partial charge in [0.2, 0.25) is 15.9 Å². The number of nitrogens with zero attached hydrogens (tertiary/aromatic N) is 1. The average molecular weight is 444 g/mol. The number of ether oxygens (including phenoxy) is 1. The summed E-state index contributed by atoms with van der Waals surface area (Å²) in [5, 5.41) is 5.58. The van der Waals surface area contributed by atoms with Crippen LogP contribution in [0.1, 0.15) is 25.3 Å². The van der Waals surface area contributed by atoms with Gasteiger partial charge in [0, 0.05) is 24.7 Å². The summed E-state index contributed by atoms with van der Waals surface area (Å²) in [5.41, 5.74) is 2.19. The normalized spacial score (nSPS) is 19.8. The van der Waals surface area contributed by atoms with Gasteiger partial charge in [-0.15, -0.1) is 0 Å². The number of carbonyl (C=O) groups is 2. The minimum atomic E-state index is -3.74. The van der Waals surface area contributed by atoms with E-state index < -0.39 is 16.1 Å². The van der Waals surface area contributed by atoms with Crippen molar-refractivity contribution in [3.63, 3.8) is 0 Å². The molecular formula is C22H25N3O5S. The van der Waals surface area contributed by atoms with Crippen molar-refractivity contribution >= 4 is 33.2 Å². The molecular weight excluding hydrogens is 418 g/mol. The molecule has 9 heteroatoms. The maximum Gasteiger partial charge on any atom is 0.265 e. The highest BCUT2D eigenvalue weighted by Crippen LogP contribution is 2.33. The SMILES string of the molecule is Cc1ccc(NC(=O)C2CCN(S(=O)(=O)c3ccc4c(c3)NC(=O)[C@H](C)O4)CC2)cc1. The first-order chi connectivity index (χ1) is 14.7. The second-order valence-corrected chi connectivity index (χ2v) is 9.88. The van der Waals surface area contributed by atoms with Gasteiger partial charge in [0.05, 0.1) is 10.6 Å². The summed E-state index contributed by atoms with van der Waals surface area (Å²) in [5.74, 6) is -0.214. The number of nitrogens with one attached hydrogen (secondary N) is 2. The number of carbonyl (C=O) groups excluding carboxylic acids is 2. The van der Waals surface area contributed by atoms with Crippen molar-refractivity contribution < 1.29 is 22.7 Å². The molecule has 0 bridgehead atoms. The van der Waals surface area contributed by atoms with E-state index in [0.717, 1.165) is 11.3 Å². The molecule has 164 valence electrons. The Morgan fingerprint density at radius 3 is 2.48 bits per heavy atom. The van der Waals surface area contributed by atoms with Gasteiger partial charge < -0.3 is 15.4 Å². The van der Waals surface area contributed by atoms with Crippen molar-refractivity contribution in [2.45, 2.75) is 37.7 Å². The van der Waals surface area contributed by atoms with Crippen molar-refractivity contribution in [1.29, 1.82) is 0 Å². The minimum Gasteiger partial charge on any atom is -0.479 e. The maximum absolute atomic E-state index is 13.1. The quantitative estimate of drug-likeness (QED) is 0.756. The summed E-state index contributed by atoms with van der Waals surface area (Å²) in [6.07, 6.45) is 0.262. The molecule has 8 nitrogen and oxygen atoms in total. The van der Waals surface area contributed by atoms with Crippen molar-refractivity contribution in [1.82, 2.24) is 4.31 Å². The largest absolute Gasteiger partial charge is 0.479 e. The van der Waals surface area contributed by atoms with E-state index in [2.05, 4.69) is 10.6 Å². The average Bonchev–Trinajstić information content (AvgIpc) is 2.76. The van der Waals surface area contributed by atoms with E-state index in [1.807, 2.05) is 31.2 Å². The van der Waals surface area contributed by atoms with E-state index in [0.29, 0.717) is 24.3 Å². The molecule has 31 heavy (non-hydrogen) atoms. The second-order valence-electron chi connectivity index (χ2n) is 7.94. The lowest BCUT2D eigenvalue weighted by Gasteiger charge is -2.31. The fraction of sp³-hybridized carbons (Fsp3) is 0.364. The number of amides is 2. The molecule has 2 amide bonds. The number of hydrogen-bond donors (Lipinski definition) is 2. The van der Waals surface area contributed by atoms with E-state index in [-0.39, 0.29) is 35.7 Å². The summed E-state index contributed by atoms with van der Waals surface area (Å²) >= 11 is 0. The topological polar surface area (TPSA) is 105 Å². The molecule has 0 spiro atoms. The third-order valence-electron chi connectivity index (χ3n) is 5.66. The van der Waals surface area contributed by atoms with Gasteiger partial charge in [-0.2, -0.15) is 4.31 Å². The zero-order chi connectivity index (χ0) is 22.2. The van der Waals surface area contributed by atoms with Gasteiger partial charge in [0.15, 0.2) is 6.10 Å². The van der Waals surface area contributed by atoms with Crippen LogP contribution in [0.3, 0.4) is 0 Å². The number of sulfonamides is 1. The number of fused-ring (bicyclic) bond motifs is 1. The molecule has 2 N–H and O–H groups in total. The number of piperidine rings is 1. The van der Waals surface area contributed by atoms with Gasteiger partial charge in [0.1, 0.15) is 5.75 Å². The number of aryl methyl sites for hydroxylation is 1. The van der Waals surface area contributed by atoms with Gasteiger partial charge in [-0.3, -0.25) is 9.59 Å². The monoisotopic (exact) mass is 443 g/mol. The molecule has 2 heterocycles. The van der Waals surface area contributed by atoms with E-state index in [1.54, 1.807) is 13.0 Å². The van der Waals surface area contributed by atoms with Gasteiger partial charge in [-0.25, -0.2) is 8.42 Å².